The number of para-hydroxylation sites is 1. The van der Waals surface area contributed by atoms with E-state index >= 15 is 0 Å². The van der Waals surface area contributed by atoms with Crippen LogP contribution in [0.2, 0.25) is 0 Å². The number of carbonyl (C=O) groups is 1. The van der Waals surface area contributed by atoms with E-state index in [4.69, 9.17) is 19.2 Å². The van der Waals surface area contributed by atoms with Crippen LogP contribution in [0.25, 0.3) is 0 Å². The van der Waals surface area contributed by atoms with Crippen LogP contribution in [-0.2, 0) is 16.1 Å². The maximum absolute atomic E-state index is 12.6. The highest BCUT2D eigenvalue weighted by Crippen LogP contribution is 2.70. The zero-order valence-electron chi connectivity index (χ0n) is 23.9. The average Bonchev–Trinajstić information content (AvgIpc) is 3.48. The third-order valence-electron chi connectivity index (χ3n) is 11.7. The molecule has 8 nitrogen and oxygen atoms in total. The second-order valence-corrected chi connectivity index (χ2v) is 13.1. The van der Waals surface area contributed by atoms with E-state index in [1.165, 1.54) is 0 Å². The molecule has 0 spiro atoms. The number of aliphatic hydroxyl groups excluding tert-OH is 1. The Kier molecular flexibility index (Phi) is 6.83. The quantitative estimate of drug-likeness (QED) is 0.360. The van der Waals surface area contributed by atoms with Crippen LogP contribution in [0.1, 0.15) is 70.3 Å². The predicted octanol–water partition coefficient (Wildman–Crippen LogP) is 3.99. The fourth-order valence-corrected chi connectivity index (χ4v) is 9.75. The van der Waals surface area contributed by atoms with Crippen molar-refractivity contribution in [3.05, 3.63) is 35.4 Å². The van der Waals surface area contributed by atoms with Crippen LogP contribution in [0.3, 0.4) is 0 Å². The van der Waals surface area contributed by atoms with Gasteiger partial charge in [-0.1, -0.05) is 19.1 Å². The first kappa shape index (κ1) is 27.7. The molecule has 218 valence electrons. The van der Waals surface area contributed by atoms with Crippen LogP contribution >= 0.6 is 0 Å². The lowest BCUT2D eigenvalue weighted by Crippen LogP contribution is -2.68. The largest absolute Gasteiger partial charge is 0.493 e. The van der Waals surface area contributed by atoms with Gasteiger partial charge in [-0.15, -0.1) is 0 Å². The van der Waals surface area contributed by atoms with Gasteiger partial charge in [0.15, 0.2) is 11.5 Å². The van der Waals surface area contributed by atoms with E-state index in [9.17, 15) is 20.1 Å². The molecule has 1 heterocycles. The number of aliphatic hydroxyl groups is 3. The fraction of sp³-hybridized carbons (Fsp3) is 0.688. The number of aliphatic imine (C=N–C) groups is 1. The van der Waals surface area contributed by atoms with Gasteiger partial charge in [-0.05, 0) is 80.8 Å². The summed E-state index contributed by atoms with van der Waals surface area (Å²) in [6, 6.07) is 5.74. The van der Waals surface area contributed by atoms with Crippen LogP contribution < -0.4 is 9.47 Å². The lowest BCUT2D eigenvalue weighted by molar-refractivity contribution is -0.237. The Morgan fingerprint density at radius 3 is 2.58 bits per heavy atom. The zero-order valence-corrected chi connectivity index (χ0v) is 23.9. The number of methoxy groups -OCH3 is 2. The second kappa shape index (κ2) is 9.85. The first-order chi connectivity index (χ1) is 19.1. The summed E-state index contributed by atoms with van der Waals surface area (Å²) in [5.74, 6) is 1.18. The molecular formula is C32H43NO7. The number of benzene rings is 1. The van der Waals surface area contributed by atoms with E-state index in [-0.39, 0.29) is 29.1 Å². The van der Waals surface area contributed by atoms with Gasteiger partial charge < -0.3 is 29.5 Å². The van der Waals surface area contributed by atoms with Gasteiger partial charge >= 0.3 is 5.97 Å². The van der Waals surface area contributed by atoms with Crippen LogP contribution in [-0.4, -0.2) is 65.6 Å². The van der Waals surface area contributed by atoms with E-state index in [1.54, 1.807) is 20.3 Å². The van der Waals surface area contributed by atoms with Gasteiger partial charge in [0.2, 0.25) is 0 Å². The van der Waals surface area contributed by atoms with Crippen molar-refractivity contribution in [1.82, 2.24) is 0 Å². The average molecular weight is 554 g/mol. The van der Waals surface area contributed by atoms with E-state index in [0.717, 1.165) is 30.4 Å². The minimum absolute atomic E-state index is 0.00296. The summed E-state index contributed by atoms with van der Waals surface area (Å²) in [6.45, 7) is 2.90. The summed E-state index contributed by atoms with van der Waals surface area (Å²) in [5.41, 5.74) is -1.06. The lowest BCUT2D eigenvalue weighted by Gasteiger charge is -2.65. The Labute approximate surface area is 236 Å². The molecule has 5 aliphatic rings. The first-order valence-corrected chi connectivity index (χ1v) is 14.8. The van der Waals surface area contributed by atoms with Crippen LogP contribution in [0.4, 0.5) is 0 Å². The van der Waals surface area contributed by atoms with Gasteiger partial charge in [0.25, 0.3) is 0 Å². The van der Waals surface area contributed by atoms with Gasteiger partial charge in [0, 0.05) is 35.1 Å². The highest BCUT2D eigenvalue weighted by atomic mass is 16.5. The second-order valence-electron chi connectivity index (χ2n) is 13.1. The van der Waals surface area contributed by atoms with Crippen molar-refractivity contribution < 1.29 is 34.3 Å². The van der Waals surface area contributed by atoms with E-state index in [1.807, 2.05) is 24.4 Å². The minimum atomic E-state index is -1.08. The molecule has 0 bridgehead atoms. The smallest absolute Gasteiger partial charge is 0.331 e. The number of fused-ring (bicyclic) bond motifs is 5. The Bertz CT molecular complexity index is 1230. The molecule has 40 heavy (non-hydrogen) atoms. The van der Waals surface area contributed by atoms with Crippen molar-refractivity contribution in [3.63, 3.8) is 0 Å². The molecule has 0 saturated heterocycles. The molecule has 8 heteroatoms. The molecule has 0 aromatic heterocycles. The first-order valence-electron chi connectivity index (χ1n) is 14.8. The minimum Gasteiger partial charge on any atom is -0.493 e. The van der Waals surface area contributed by atoms with Gasteiger partial charge in [-0.25, -0.2) is 4.79 Å². The van der Waals surface area contributed by atoms with Crippen molar-refractivity contribution in [2.45, 2.75) is 88.6 Å². The molecular weight excluding hydrogens is 510 g/mol. The highest BCUT2D eigenvalue weighted by Gasteiger charge is 2.71. The van der Waals surface area contributed by atoms with Gasteiger partial charge in [-0.2, -0.15) is 0 Å². The number of nitrogens with zero attached hydrogens (tertiary/aromatic N) is 1. The van der Waals surface area contributed by atoms with Gasteiger partial charge in [0.1, 0.15) is 6.61 Å². The summed E-state index contributed by atoms with van der Waals surface area (Å²) >= 11 is 0. The molecule has 4 fully saturated rings. The normalized spacial score (nSPS) is 42.5. The number of hydrogen-bond donors (Lipinski definition) is 3. The van der Waals surface area contributed by atoms with E-state index in [2.05, 4.69) is 6.92 Å². The number of rotatable bonds is 6. The Morgan fingerprint density at radius 1 is 1.05 bits per heavy atom. The molecule has 0 amide bonds. The number of hydrogen-bond acceptors (Lipinski definition) is 8. The predicted molar refractivity (Wildman–Crippen MR) is 149 cm³/mol. The molecule has 1 aliphatic heterocycles. The topological polar surface area (TPSA) is 118 Å². The Morgan fingerprint density at radius 2 is 1.85 bits per heavy atom. The van der Waals surface area contributed by atoms with Gasteiger partial charge in [-0.3, -0.25) is 4.99 Å². The summed E-state index contributed by atoms with van der Waals surface area (Å²) in [7, 11) is 3.23. The zero-order chi connectivity index (χ0) is 28.3. The monoisotopic (exact) mass is 553 g/mol. The van der Waals surface area contributed by atoms with E-state index in [0.29, 0.717) is 63.2 Å². The number of esters is 1. The molecule has 1 aromatic carbocycles. The molecule has 1 aromatic rings. The van der Waals surface area contributed by atoms with Gasteiger partial charge in [0.05, 0.1) is 38.1 Å². The summed E-state index contributed by atoms with van der Waals surface area (Å²) in [5, 5.41) is 35.4. The fourth-order valence-electron chi connectivity index (χ4n) is 9.75. The third-order valence-corrected chi connectivity index (χ3v) is 11.7. The van der Waals surface area contributed by atoms with Crippen molar-refractivity contribution in [3.8, 4) is 11.5 Å². The van der Waals surface area contributed by atoms with Crippen molar-refractivity contribution >= 4 is 12.2 Å². The number of carbonyl (C=O) groups excluding carboxylic acids is 1. The van der Waals surface area contributed by atoms with Crippen molar-refractivity contribution in [1.29, 1.82) is 0 Å². The highest BCUT2D eigenvalue weighted by molar-refractivity contribution is 5.85. The van der Waals surface area contributed by atoms with Crippen molar-refractivity contribution in [2.24, 2.45) is 33.6 Å². The molecule has 4 saturated carbocycles. The Hall–Kier alpha value is -2.42. The molecule has 0 radical (unpaired) electrons. The summed E-state index contributed by atoms with van der Waals surface area (Å²) in [4.78, 5) is 16.8. The van der Waals surface area contributed by atoms with Crippen LogP contribution in [0, 0.1) is 28.6 Å². The maximum Gasteiger partial charge on any atom is 0.331 e. The summed E-state index contributed by atoms with van der Waals surface area (Å²) < 4.78 is 16.3. The standard InChI is InChI=1S/C32H43NO7/c1-29-11-8-24-25(32(29,37)14-10-23(29)21-15-27(35)40-18-21)9-13-31(36)16-22(34)7-12-30(24,31)19-33-17-20-5-4-6-26(38-2)28(20)39-3/h4-6,15,19,22-25,34,36-37H,7-14,16-18H2,1-3H3/t22-,23-,24+,25-,29-,30+,31+,32-/m1/s1. The lowest BCUT2D eigenvalue weighted by atomic mass is 9.41. The SMILES string of the molecule is COc1cccc(CN=C[C@]23CC[C@@H](O)C[C@@]2(O)CC[C@@H]2[C@@H]3CC[C@]3(C)[C@@H](C4=CC(=O)OC4)CC[C@@]23O)c1OC. The maximum atomic E-state index is 12.6. The third kappa shape index (κ3) is 3.89. The number of cyclic esters (lactones) is 1. The number of ether oxygens (including phenoxy) is 3. The molecule has 0 unspecified atom stereocenters. The summed E-state index contributed by atoms with van der Waals surface area (Å²) in [6.07, 6.45) is 9.04. The van der Waals surface area contributed by atoms with Crippen LogP contribution in [0.5, 0.6) is 11.5 Å². The molecule has 8 atom stereocenters. The van der Waals surface area contributed by atoms with E-state index < -0.39 is 22.7 Å². The molecule has 6 rings (SSSR count). The molecule has 4 aliphatic carbocycles. The van der Waals surface area contributed by atoms with Crippen molar-refractivity contribution in [2.75, 3.05) is 20.8 Å². The Balaban J connectivity index is 1.35. The molecule has 3 N–H and O–H groups in total. The van der Waals surface area contributed by atoms with Crippen LogP contribution in [0.15, 0.2) is 34.8 Å².